The van der Waals surface area contributed by atoms with Crippen molar-refractivity contribution in [1.82, 2.24) is 10.2 Å². The molecule has 0 spiro atoms. The molecule has 1 aromatic heterocycles. The van der Waals surface area contributed by atoms with Gasteiger partial charge in [0.15, 0.2) is 0 Å². The summed E-state index contributed by atoms with van der Waals surface area (Å²) in [6.45, 7) is 3.40. The van der Waals surface area contributed by atoms with E-state index in [1.807, 2.05) is 43.0 Å². The van der Waals surface area contributed by atoms with Gasteiger partial charge in [-0.25, -0.2) is 0 Å². The number of nitrogens with one attached hydrogen (secondary N) is 1. The first-order valence-electron chi connectivity index (χ1n) is 9.42. The highest BCUT2D eigenvalue weighted by atomic mass is 32.1. The van der Waals surface area contributed by atoms with Crippen LogP contribution in [0.1, 0.15) is 40.6 Å². The van der Waals surface area contributed by atoms with Crippen molar-refractivity contribution >= 4 is 28.8 Å². The van der Waals surface area contributed by atoms with E-state index in [4.69, 9.17) is 0 Å². The van der Waals surface area contributed by atoms with E-state index in [0.717, 1.165) is 25.1 Å². The van der Waals surface area contributed by atoms with E-state index >= 15 is 0 Å². The number of carbonyl (C=O) groups excluding carboxylic acids is 2. The fourth-order valence-electron chi connectivity index (χ4n) is 3.36. The van der Waals surface area contributed by atoms with Crippen LogP contribution in [-0.4, -0.2) is 43.4 Å². The predicted molar refractivity (Wildman–Crippen MR) is 110 cm³/mol. The Kier molecular flexibility index (Phi) is 6.16. The molecule has 1 aromatic carbocycles. The van der Waals surface area contributed by atoms with Crippen LogP contribution in [0.4, 0.5) is 5.69 Å². The first kappa shape index (κ1) is 19.4. The van der Waals surface area contributed by atoms with E-state index in [1.165, 1.54) is 10.4 Å². The zero-order valence-electron chi connectivity index (χ0n) is 16.2. The normalized spacial score (nSPS) is 14.4. The monoisotopic (exact) mass is 385 g/mol. The number of carbonyl (C=O) groups is 2. The standard InChI is InChI=1S/C21H27N3O2S/c1-4-5-18(21(26)24-12-10-19-16(14-24)11-13-27-19)22-20(25)15-6-8-17(9-7-15)23(2)3/h6-9,11,13,18H,4-5,10,12,14H2,1-3H3,(H,22,25). The number of hydrogen-bond acceptors (Lipinski definition) is 4. The van der Waals surface area contributed by atoms with Crippen molar-refractivity contribution in [3.8, 4) is 0 Å². The summed E-state index contributed by atoms with van der Waals surface area (Å²) in [5, 5.41) is 5.04. The highest BCUT2D eigenvalue weighted by Crippen LogP contribution is 2.24. The summed E-state index contributed by atoms with van der Waals surface area (Å²) in [5.41, 5.74) is 2.85. The van der Waals surface area contributed by atoms with Gasteiger partial charge in [-0.3, -0.25) is 9.59 Å². The molecule has 1 aliphatic heterocycles. The van der Waals surface area contributed by atoms with Crippen molar-refractivity contribution in [3.63, 3.8) is 0 Å². The lowest BCUT2D eigenvalue weighted by atomic mass is 10.1. The Morgan fingerprint density at radius 3 is 2.63 bits per heavy atom. The van der Waals surface area contributed by atoms with E-state index in [1.54, 1.807) is 23.5 Å². The van der Waals surface area contributed by atoms with Crippen LogP contribution in [-0.2, 0) is 17.8 Å². The Balaban J connectivity index is 1.67. The molecule has 5 nitrogen and oxygen atoms in total. The van der Waals surface area contributed by atoms with E-state index in [2.05, 4.69) is 16.8 Å². The van der Waals surface area contributed by atoms with Crippen LogP contribution in [0, 0.1) is 0 Å². The molecule has 2 heterocycles. The smallest absolute Gasteiger partial charge is 0.251 e. The van der Waals surface area contributed by atoms with Crippen molar-refractivity contribution in [1.29, 1.82) is 0 Å². The van der Waals surface area contributed by atoms with Crippen molar-refractivity contribution in [3.05, 3.63) is 51.7 Å². The van der Waals surface area contributed by atoms with Gasteiger partial charge < -0.3 is 15.1 Å². The van der Waals surface area contributed by atoms with Crippen molar-refractivity contribution in [2.75, 3.05) is 25.5 Å². The lowest BCUT2D eigenvalue weighted by Gasteiger charge is -2.31. The molecule has 0 aliphatic carbocycles. The number of fused-ring (bicyclic) bond motifs is 1. The molecule has 0 saturated heterocycles. The quantitative estimate of drug-likeness (QED) is 0.830. The van der Waals surface area contributed by atoms with E-state index in [9.17, 15) is 9.59 Å². The number of nitrogens with zero attached hydrogens (tertiary/aromatic N) is 2. The fourth-order valence-corrected chi connectivity index (χ4v) is 4.25. The summed E-state index contributed by atoms with van der Waals surface area (Å²) < 4.78 is 0. The van der Waals surface area contributed by atoms with Gasteiger partial charge in [0.1, 0.15) is 6.04 Å². The van der Waals surface area contributed by atoms with Crippen molar-refractivity contribution in [2.45, 2.75) is 38.8 Å². The molecule has 2 amide bonds. The highest BCUT2D eigenvalue weighted by Gasteiger charge is 2.28. The Bertz CT molecular complexity index is 798. The van der Waals surface area contributed by atoms with Gasteiger partial charge >= 0.3 is 0 Å². The van der Waals surface area contributed by atoms with Gasteiger partial charge in [0, 0.05) is 43.3 Å². The van der Waals surface area contributed by atoms with Gasteiger partial charge in [-0.05, 0) is 54.1 Å². The molecule has 1 N–H and O–H groups in total. The second kappa shape index (κ2) is 8.57. The maximum absolute atomic E-state index is 13.0. The Labute approximate surface area is 165 Å². The van der Waals surface area contributed by atoms with Crippen LogP contribution in [0.15, 0.2) is 35.7 Å². The second-order valence-electron chi connectivity index (χ2n) is 7.13. The molecule has 0 fully saturated rings. The largest absolute Gasteiger partial charge is 0.378 e. The molecule has 2 aromatic rings. The molecular formula is C21H27N3O2S. The van der Waals surface area contributed by atoms with E-state index < -0.39 is 6.04 Å². The zero-order valence-corrected chi connectivity index (χ0v) is 17.0. The molecule has 27 heavy (non-hydrogen) atoms. The maximum atomic E-state index is 13.0. The third-order valence-electron chi connectivity index (χ3n) is 4.95. The molecular weight excluding hydrogens is 358 g/mol. The van der Waals surface area contributed by atoms with Gasteiger partial charge in [0.2, 0.25) is 5.91 Å². The molecule has 0 saturated carbocycles. The maximum Gasteiger partial charge on any atom is 0.251 e. The predicted octanol–water partition coefficient (Wildman–Crippen LogP) is 3.30. The van der Waals surface area contributed by atoms with Crippen LogP contribution >= 0.6 is 11.3 Å². The molecule has 3 rings (SSSR count). The number of anilines is 1. The van der Waals surface area contributed by atoms with Crippen LogP contribution in [0.3, 0.4) is 0 Å². The van der Waals surface area contributed by atoms with Crippen molar-refractivity contribution in [2.24, 2.45) is 0 Å². The summed E-state index contributed by atoms with van der Waals surface area (Å²) in [4.78, 5) is 30.9. The molecule has 144 valence electrons. The Morgan fingerprint density at radius 1 is 1.22 bits per heavy atom. The van der Waals surface area contributed by atoms with Gasteiger partial charge in [-0.1, -0.05) is 13.3 Å². The minimum Gasteiger partial charge on any atom is -0.378 e. The van der Waals surface area contributed by atoms with Gasteiger partial charge in [0.25, 0.3) is 5.91 Å². The molecule has 0 bridgehead atoms. The SMILES string of the molecule is CCCC(NC(=O)c1ccc(N(C)C)cc1)C(=O)N1CCc2sccc2C1. The molecule has 6 heteroatoms. The van der Waals surface area contributed by atoms with Crippen molar-refractivity contribution < 1.29 is 9.59 Å². The second-order valence-corrected chi connectivity index (χ2v) is 8.14. The number of thiophene rings is 1. The Hall–Kier alpha value is -2.34. The average Bonchev–Trinajstić information content (AvgIpc) is 3.14. The highest BCUT2D eigenvalue weighted by molar-refractivity contribution is 7.10. The zero-order chi connectivity index (χ0) is 19.4. The summed E-state index contributed by atoms with van der Waals surface area (Å²) in [6, 6.07) is 9.05. The third-order valence-corrected chi connectivity index (χ3v) is 5.97. The molecule has 1 aliphatic rings. The fraction of sp³-hybridized carbons (Fsp3) is 0.429. The minimum atomic E-state index is -0.476. The van der Waals surface area contributed by atoms with Gasteiger partial charge in [0.05, 0.1) is 0 Å². The summed E-state index contributed by atoms with van der Waals surface area (Å²) >= 11 is 1.76. The van der Waals surface area contributed by atoms with Crippen LogP contribution < -0.4 is 10.2 Å². The number of amides is 2. The Morgan fingerprint density at radius 2 is 1.96 bits per heavy atom. The number of hydrogen-bond donors (Lipinski definition) is 1. The average molecular weight is 386 g/mol. The first-order valence-corrected chi connectivity index (χ1v) is 10.3. The summed E-state index contributed by atoms with van der Waals surface area (Å²) in [5.74, 6) is -0.174. The van der Waals surface area contributed by atoms with Crippen LogP contribution in [0.25, 0.3) is 0 Å². The van der Waals surface area contributed by atoms with E-state index in [0.29, 0.717) is 18.5 Å². The lowest BCUT2D eigenvalue weighted by Crippen LogP contribution is -2.49. The molecule has 1 unspecified atom stereocenters. The summed E-state index contributed by atoms with van der Waals surface area (Å²) in [6.07, 6.45) is 2.39. The number of rotatable bonds is 6. The van der Waals surface area contributed by atoms with Gasteiger partial charge in [-0.2, -0.15) is 0 Å². The lowest BCUT2D eigenvalue weighted by molar-refractivity contribution is -0.134. The molecule has 0 radical (unpaired) electrons. The third kappa shape index (κ3) is 4.50. The van der Waals surface area contributed by atoms with Crippen LogP contribution in [0.2, 0.25) is 0 Å². The summed E-state index contributed by atoms with van der Waals surface area (Å²) in [7, 11) is 3.92. The molecule has 1 atom stereocenters. The van der Waals surface area contributed by atoms with Crippen LogP contribution in [0.5, 0.6) is 0 Å². The topological polar surface area (TPSA) is 52.7 Å². The van der Waals surface area contributed by atoms with E-state index in [-0.39, 0.29) is 11.8 Å². The number of benzene rings is 1. The van der Waals surface area contributed by atoms with Gasteiger partial charge in [-0.15, -0.1) is 11.3 Å². The minimum absolute atomic E-state index is 0.0203. The first-order chi connectivity index (χ1) is 13.0.